The zero-order chi connectivity index (χ0) is 12.1. The van der Waals surface area contributed by atoms with Crippen LogP contribution < -0.4 is 10.2 Å². The van der Waals surface area contributed by atoms with Gasteiger partial charge >= 0.3 is 0 Å². The van der Waals surface area contributed by atoms with Crippen LogP contribution in [0.2, 0.25) is 0 Å². The molecule has 0 spiro atoms. The Bertz CT molecular complexity index is 453. The molecule has 0 fully saturated rings. The Morgan fingerprint density at radius 1 is 1.41 bits per heavy atom. The quantitative estimate of drug-likeness (QED) is 0.859. The van der Waals surface area contributed by atoms with E-state index in [-0.39, 0.29) is 0 Å². The minimum Gasteiger partial charge on any atom is -0.467 e. The summed E-state index contributed by atoms with van der Waals surface area (Å²) >= 11 is 0. The smallest absolute Gasteiger partial charge is 0.127 e. The first-order valence-corrected chi connectivity index (χ1v) is 5.74. The van der Waals surface area contributed by atoms with E-state index < -0.39 is 0 Å². The van der Waals surface area contributed by atoms with E-state index in [2.05, 4.69) is 22.1 Å². The molecule has 4 nitrogen and oxygen atoms in total. The third-order valence-electron chi connectivity index (χ3n) is 2.67. The SMILES string of the molecule is CCN(Cc1ccco1)c1ccnc(NC)c1. The highest BCUT2D eigenvalue weighted by Gasteiger charge is 2.07. The summed E-state index contributed by atoms with van der Waals surface area (Å²) in [5.41, 5.74) is 1.14. The van der Waals surface area contributed by atoms with Crippen molar-refractivity contribution in [3.05, 3.63) is 42.5 Å². The van der Waals surface area contributed by atoms with Crippen LogP contribution in [0.5, 0.6) is 0 Å². The molecule has 0 bridgehead atoms. The lowest BCUT2D eigenvalue weighted by Gasteiger charge is -2.22. The molecule has 0 aliphatic heterocycles. The van der Waals surface area contributed by atoms with Crippen molar-refractivity contribution in [3.8, 4) is 0 Å². The molecule has 4 heteroatoms. The fourth-order valence-corrected chi connectivity index (χ4v) is 1.73. The number of nitrogens with one attached hydrogen (secondary N) is 1. The van der Waals surface area contributed by atoms with Crippen molar-refractivity contribution in [1.82, 2.24) is 4.98 Å². The van der Waals surface area contributed by atoms with Gasteiger partial charge in [0.05, 0.1) is 12.8 Å². The van der Waals surface area contributed by atoms with E-state index in [1.807, 2.05) is 37.5 Å². The first-order chi connectivity index (χ1) is 8.33. The van der Waals surface area contributed by atoms with E-state index in [1.54, 1.807) is 6.26 Å². The van der Waals surface area contributed by atoms with Gasteiger partial charge in [0.1, 0.15) is 11.6 Å². The summed E-state index contributed by atoms with van der Waals surface area (Å²) in [6.07, 6.45) is 3.51. The fraction of sp³-hybridized carbons (Fsp3) is 0.308. The molecule has 0 radical (unpaired) electrons. The molecule has 90 valence electrons. The Kier molecular flexibility index (Phi) is 3.65. The van der Waals surface area contributed by atoms with Crippen LogP contribution >= 0.6 is 0 Å². The van der Waals surface area contributed by atoms with Crippen LogP contribution in [-0.2, 0) is 6.54 Å². The summed E-state index contributed by atoms with van der Waals surface area (Å²) in [4.78, 5) is 6.45. The van der Waals surface area contributed by atoms with E-state index in [0.29, 0.717) is 0 Å². The molecule has 2 aromatic rings. The number of pyridine rings is 1. The maximum Gasteiger partial charge on any atom is 0.127 e. The molecule has 0 amide bonds. The number of aromatic nitrogens is 1. The number of hydrogen-bond donors (Lipinski definition) is 1. The van der Waals surface area contributed by atoms with Gasteiger partial charge in [0, 0.05) is 31.5 Å². The Balaban J connectivity index is 2.16. The van der Waals surface area contributed by atoms with E-state index in [9.17, 15) is 0 Å². The number of furan rings is 1. The summed E-state index contributed by atoms with van der Waals surface area (Å²) in [6.45, 7) is 3.83. The molecular weight excluding hydrogens is 214 g/mol. The standard InChI is InChI=1S/C13H17N3O/c1-3-16(10-12-5-4-8-17-12)11-6-7-15-13(9-11)14-2/h4-9H,3,10H2,1-2H3,(H,14,15). The molecule has 0 aromatic carbocycles. The number of rotatable bonds is 5. The monoisotopic (exact) mass is 231 g/mol. The predicted octanol–water partition coefficient (Wildman–Crippen LogP) is 2.74. The van der Waals surface area contributed by atoms with Crippen molar-refractivity contribution in [1.29, 1.82) is 0 Å². The summed E-state index contributed by atoms with van der Waals surface area (Å²) in [5.74, 6) is 1.84. The van der Waals surface area contributed by atoms with Gasteiger partial charge in [-0.05, 0) is 25.1 Å². The average Bonchev–Trinajstić information content (AvgIpc) is 2.89. The highest BCUT2D eigenvalue weighted by molar-refractivity contribution is 5.53. The highest BCUT2D eigenvalue weighted by atomic mass is 16.3. The molecule has 0 saturated carbocycles. The predicted molar refractivity (Wildman–Crippen MR) is 69.2 cm³/mol. The van der Waals surface area contributed by atoms with E-state index in [4.69, 9.17) is 4.42 Å². The van der Waals surface area contributed by atoms with Crippen molar-refractivity contribution < 1.29 is 4.42 Å². The first-order valence-electron chi connectivity index (χ1n) is 5.74. The van der Waals surface area contributed by atoms with Gasteiger partial charge in [0.15, 0.2) is 0 Å². The van der Waals surface area contributed by atoms with Crippen molar-refractivity contribution in [2.75, 3.05) is 23.8 Å². The lowest BCUT2D eigenvalue weighted by atomic mass is 10.3. The topological polar surface area (TPSA) is 41.3 Å². The zero-order valence-electron chi connectivity index (χ0n) is 10.2. The molecular formula is C13H17N3O. The number of nitrogens with zero attached hydrogens (tertiary/aromatic N) is 2. The molecule has 2 aromatic heterocycles. The maximum atomic E-state index is 5.37. The van der Waals surface area contributed by atoms with Crippen molar-refractivity contribution in [2.24, 2.45) is 0 Å². The first kappa shape index (κ1) is 11.5. The van der Waals surface area contributed by atoms with Gasteiger partial charge in [-0.15, -0.1) is 0 Å². The van der Waals surface area contributed by atoms with Gasteiger partial charge < -0.3 is 14.6 Å². The van der Waals surface area contributed by atoms with Crippen LogP contribution in [0.15, 0.2) is 41.1 Å². The molecule has 2 heterocycles. The Hall–Kier alpha value is -1.97. The average molecular weight is 231 g/mol. The van der Waals surface area contributed by atoms with Crippen molar-refractivity contribution >= 4 is 11.5 Å². The summed E-state index contributed by atoms with van der Waals surface area (Å²) in [6, 6.07) is 7.94. The third kappa shape index (κ3) is 2.78. The largest absolute Gasteiger partial charge is 0.467 e. The zero-order valence-corrected chi connectivity index (χ0v) is 10.2. The molecule has 17 heavy (non-hydrogen) atoms. The fourth-order valence-electron chi connectivity index (χ4n) is 1.73. The molecule has 0 aliphatic carbocycles. The minimum atomic E-state index is 0.774. The summed E-state index contributed by atoms with van der Waals surface area (Å²) < 4.78 is 5.37. The Morgan fingerprint density at radius 2 is 2.29 bits per heavy atom. The van der Waals surface area contributed by atoms with Crippen molar-refractivity contribution in [2.45, 2.75) is 13.5 Å². The van der Waals surface area contributed by atoms with Crippen LogP contribution in [0, 0.1) is 0 Å². The van der Waals surface area contributed by atoms with Crippen LogP contribution in [0.25, 0.3) is 0 Å². The molecule has 0 unspecified atom stereocenters. The van der Waals surface area contributed by atoms with Gasteiger partial charge in [0.25, 0.3) is 0 Å². The molecule has 0 saturated heterocycles. The normalized spacial score (nSPS) is 10.2. The molecule has 1 N–H and O–H groups in total. The van der Waals surface area contributed by atoms with Gasteiger partial charge in [-0.2, -0.15) is 0 Å². The van der Waals surface area contributed by atoms with E-state index in [1.165, 1.54) is 0 Å². The van der Waals surface area contributed by atoms with Crippen LogP contribution in [0.1, 0.15) is 12.7 Å². The van der Waals surface area contributed by atoms with E-state index >= 15 is 0 Å². The molecule has 0 aliphatic rings. The third-order valence-corrected chi connectivity index (χ3v) is 2.67. The second kappa shape index (κ2) is 5.39. The maximum absolute atomic E-state index is 5.37. The van der Waals surface area contributed by atoms with Crippen molar-refractivity contribution in [3.63, 3.8) is 0 Å². The molecule has 2 rings (SSSR count). The van der Waals surface area contributed by atoms with Crippen LogP contribution in [0.3, 0.4) is 0 Å². The van der Waals surface area contributed by atoms with Gasteiger partial charge in [-0.1, -0.05) is 0 Å². The van der Waals surface area contributed by atoms with Gasteiger partial charge in [0.2, 0.25) is 0 Å². The lowest BCUT2D eigenvalue weighted by molar-refractivity contribution is 0.503. The minimum absolute atomic E-state index is 0.774. The number of anilines is 2. The van der Waals surface area contributed by atoms with Crippen LogP contribution in [0.4, 0.5) is 11.5 Å². The van der Waals surface area contributed by atoms with Gasteiger partial charge in [-0.25, -0.2) is 4.98 Å². The second-order valence-electron chi connectivity index (χ2n) is 3.74. The van der Waals surface area contributed by atoms with E-state index in [0.717, 1.165) is 30.4 Å². The summed E-state index contributed by atoms with van der Waals surface area (Å²) in [5, 5.41) is 3.04. The lowest BCUT2D eigenvalue weighted by Crippen LogP contribution is -2.21. The Morgan fingerprint density at radius 3 is 2.94 bits per heavy atom. The van der Waals surface area contributed by atoms with Gasteiger partial charge in [-0.3, -0.25) is 0 Å². The molecule has 0 atom stereocenters. The summed E-state index contributed by atoms with van der Waals surface area (Å²) in [7, 11) is 1.87. The Labute approximate surface area is 101 Å². The highest BCUT2D eigenvalue weighted by Crippen LogP contribution is 2.19. The second-order valence-corrected chi connectivity index (χ2v) is 3.74. The van der Waals surface area contributed by atoms with Crippen LogP contribution in [-0.4, -0.2) is 18.6 Å². The number of hydrogen-bond acceptors (Lipinski definition) is 4.